The van der Waals surface area contributed by atoms with Gasteiger partial charge in [-0.25, -0.2) is 0 Å². The van der Waals surface area contributed by atoms with Crippen molar-refractivity contribution in [2.24, 2.45) is 0 Å². The van der Waals surface area contributed by atoms with E-state index in [-0.39, 0.29) is 11.9 Å². The van der Waals surface area contributed by atoms with Gasteiger partial charge < -0.3 is 10.2 Å². The van der Waals surface area contributed by atoms with Crippen molar-refractivity contribution >= 4 is 22.5 Å². The summed E-state index contributed by atoms with van der Waals surface area (Å²) in [4.78, 5) is 23.2. The molecule has 1 aliphatic heterocycles. The summed E-state index contributed by atoms with van der Waals surface area (Å²) in [6.45, 7) is 1.84. The lowest BCUT2D eigenvalue weighted by molar-refractivity contribution is 0.0926. The van der Waals surface area contributed by atoms with E-state index in [0.29, 0.717) is 5.69 Å². The molecule has 0 spiro atoms. The summed E-state index contributed by atoms with van der Waals surface area (Å²) < 4.78 is 0. The molecule has 0 radical (unpaired) electrons. The Labute approximate surface area is 146 Å². The van der Waals surface area contributed by atoms with Gasteiger partial charge in [-0.3, -0.25) is 14.8 Å². The Morgan fingerprint density at radius 1 is 0.960 bits per heavy atom. The van der Waals surface area contributed by atoms with Crippen LogP contribution in [0, 0.1) is 0 Å². The smallest absolute Gasteiger partial charge is 0.270 e. The average Bonchev–Trinajstić information content (AvgIpc) is 2.69. The van der Waals surface area contributed by atoms with Gasteiger partial charge in [0.15, 0.2) is 0 Å². The first kappa shape index (κ1) is 15.6. The standard InChI is InChI=1S/C20H20N4O/c25-20(18-7-3-4-11-21-18)23-15-9-13-24(14-10-15)19-8-12-22-17-6-2-1-5-16(17)19/h1-8,11-12,15H,9-10,13-14H2,(H,23,25). The van der Waals surface area contributed by atoms with Crippen LogP contribution in [0.5, 0.6) is 0 Å². The van der Waals surface area contributed by atoms with Crippen molar-refractivity contribution in [2.75, 3.05) is 18.0 Å². The Bertz CT molecular complexity index is 868. The molecule has 0 unspecified atom stereocenters. The number of anilines is 1. The predicted molar refractivity (Wildman–Crippen MR) is 98.7 cm³/mol. The Kier molecular flexibility index (Phi) is 4.29. The second kappa shape index (κ2) is 6.89. The van der Waals surface area contributed by atoms with Gasteiger partial charge in [0.2, 0.25) is 0 Å². The summed E-state index contributed by atoms with van der Waals surface area (Å²) in [5.41, 5.74) is 2.72. The van der Waals surface area contributed by atoms with Crippen LogP contribution < -0.4 is 10.2 Å². The molecule has 3 heterocycles. The molecule has 1 saturated heterocycles. The molecule has 0 bridgehead atoms. The van der Waals surface area contributed by atoms with E-state index < -0.39 is 0 Å². The van der Waals surface area contributed by atoms with Crippen LogP contribution in [0.1, 0.15) is 23.3 Å². The van der Waals surface area contributed by atoms with E-state index in [1.165, 1.54) is 11.1 Å². The highest BCUT2D eigenvalue weighted by atomic mass is 16.1. The van der Waals surface area contributed by atoms with E-state index in [0.717, 1.165) is 31.4 Å². The third kappa shape index (κ3) is 3.31. The number of hydrogen-bond donors (Lipinski definition) is 1. The largest absolute Gasteiger partial charge is 0.371 e. The van der Waals surface area contributed by atoms with Crippen LogP contribution in [-0.4, -0.2) is 35.0 Å². The summed E-state index contributed by atoms with van der Waals surface area (Å²) >= 11 is 0. The molecule has 1 fully saturated rings. The molecule has 1 N–H and O–H groups in total. The summed E-state index contributed by atoms with van der Waals surface area (Å²) in [6.07, 6.45) is 5.36. The first-order chi connectivity index (χ1) is 12.3. The number of hydrogen-bond acceptors (Lipinski definition) is 4. The second-order valence-corrected chi connectivity index (χ2v) is 6.30. The number of fused-ring (bicyclic) bond motifs is 1. The topological polar surface area (TPSA) is 58.1 Å². The molecule has 0 aliphatic carbocycles. The summed E-state index contributed by atoms with van der Waals surface area (Å²) in [5.74, 6) is -0.0894. The molecule has 1 aliphatic rings. The van der Waals surface area contributed by atoms with E-state index in [1.807, 2.05) is 36.5 Å². The minimum Gasteiger partial charge on any atom is -0.371 e. The maximum Gasteiger partial charge on any atom is 0.270 e. The number of piperidine rings is 1. The number of carbonyl (C=O) groups is 1. The molecule has 5 heteroatoms. The van der Waals surface area contributed by atoms with Crippen LogP contribution in [0.3, 0.4) is 0 Å². The molecule has 25 heavy (non-hydrogen) atoms. The van der Waals surface area contributed by atoms with Gasteiger partial charge in [-0.2, -0.15) is 0 Å². The lowest BCUT2D eigenvalue weighted by Crippen LogP contribution is -2.45. The molecule has 4 rings (SSSR count). The van der Waals surface area contributed by atoms with Crippen LogP contribution in [-0.2, 0) is 0 Å². The van der Waals surface area contributed by atoms with Crippen molar-refractivity contribution < 1.29 is 4.79 Å². The van der Waals surface area contributed by atoms with E-state index in [4.69, 9.17) is 0 Å². The van der Waals surface area contributed by atoms with E-state index in [1.54, 1.807) is 12.3 Å². The number of para-hydroxylation sites is 1. The highest BCUT2D eigenvalue weighted by Gasteiger charge is 2.22. The van der Waals surface area contributed by atoms with Crippen molar-refractivity contribution in [1.29, 1.82) is 0 Å². The predicted octanol–water partition coefficient (Wildman–Crippen LogP) is 3.03. The lowest BCUT2D eigenvalue weighted by Gasteiger charge is -2.34. The maximum atomic E-state index is 12.2. The molecule has 1 aromatic carbocycles. The van der Waals surface area contributed by atoms with E-state index in [9.17, 15) is 4.79 Å². The Morgan fingerprint density at radius 2 is 1.76 bits per heavy atom. The van der Waals surface area contributed by atoms with Crippen LogP contribution in [0.4, 0.5) is 5.69 Å². The zero-order valence-corrected chi connectivity index (χ0v) is 13.9. The Hall–Kier alpha value is -2.95. The maximum absolute atomic E-state index is 12.2. The molecule has 0 saturated carbocycles. The number of pyridine rings is 2. The summed E-state index contributed by atoms with van der Waals surface area (Å²) in [7, 11) is 0. The van der Waals surface area contributed by atoms with Crippen LogP contribution in [0.2, 0.25) is 0 Å². The number of aromatic nitrogens is 2. The first-order valence-electron chi connectivity index (χ1n) is 8.62. The second-order valence-electron chi connectivity index (χ2n) is 6.30. The van der Waals surface area contributed by atoms with Gasteiger partial charge in [0.1, 0.15) is 5.69 Å². The number of amides is 1. The number of rotatable bonds is 3. The van der Waals surface area contributed by atoms with Gasteiger partial charge in [-0.05, 0) is 37.1 Å². The Morgan fingerprint density at radius 3 is 2.56 bits per heavy atom. The zero-order valence-electron chi connectivity index (χ0n) is 13.9. The zero-order chi connectivity index (χ0) is 17.1. The number of carbonyl (C=O) groups excluding carboxylic acids is 1. The highest BCUT2D eigenvalue weighted by Crippen LogP contribution is 2.27. The molecular formula is C20H20N4O. The number of benzene rings is 1. The van der Waals surface area contributed by atoms with Gasteiger partial charge in [0.05, 0.1) is 5.52 Å². The number of nitrogens with one attached hydrogen (secondary N) is 1. The van der Waals surface area contributed by atoms with Crippen LogP contribution >= 0.6 is 0 Å². The average molecular weight is 332 g/mol. The fourth-order valence-corrected chi connectivity index (χ4v) is 3.38. The minimum atomic E-state index is -0.0894. The monoisotopic (exact) mass is 332 g/mol. The molecule has 126 valence electrons. The van der Waals surface area contributed by atoms with Crippen LogP contribution in [0.25, 0.3) is 10.9 Å². The Balaban J connectivity index is 1.42. The fraction of sp³-hybridized carbons (Fsp3) is 0.250. The van der Waals surface area contributed by atoms with Crippen molar-refractivity contribution in [3.8, 4) is 0 Å². The molecule has 0 atom stereocenters. The van der Waals surface area contributed by atoms with Gasteiger partial charge in [0, 0.05) is 42.6 Å². The quantitative estimate of drug-likeness (QED) is 0.801. The van der Waals surface area contributed by atoms with E-state index in [2.05, 4.69) is 32.3 Å². The first-order valence-corrected chi connectivity index (χ1v) is 8.62. The normalized spacial score (nSPS) is 15.3. The van der Waals surface area contributed by atoms with Crippen LogP contribution in [0.15, 0.2) is 60.9 Å². The third-order valence-electron chi connectivity index (χ3n) is 4.69. The highest BCUT2D eigenvalue weighted by molar-refractivity contribution is 5.93. The van der Waals surface area contributed by atoms with E-state index >= 15 is 0 Å². The van der Waals surface area contributed by atoms with Gasteiger partial charge >= 0.3 is 0 Å². The fourth-order valence-electron chi connectivity index (χ4n) is 3.38. The number of nitrogens with zero attached hydrogens (tertiary/aromatic N) is 3. The van der Waals surface area contributed by atoms with Gasteiger partial charge in [0.25, 0.3) is 5.91 Å². The molecule has 5 nitrogen and oxygen atoms in total. The molecule has 2 aromatic heterocycles. The third-order valence-corrected chi connectivity index (χ3v) is 4.69. The SMILES string of the molecule is O=C(NC1CCN(c2ccnc3ccccc23)CC1)c1ccccn1. The van der Waals surface area contributed by atoms with Gasteiger partial charge in [-0.1, -0.05) is 24.3 Å². The van der Waals surface area contributed by atoms with Gasteiger partial charge in [-0.15, -0.1) is 0 Å². The van der Waals surface area contributed by atoms with Crippen molar-refractivity contribution in [3.05, 3.63) is 66.6 Å². The molecular weight excluding hydrogens is 312 g/mol. The minimum absolute atomic E-state index is 0.0894. The molecule has 1 amide bonds. The molecule has 3 aromatic rings. The lowest BCUT2D eigenvalue weighted by atomic mass is 10.0. The summed E-state index contributed by atoms with van der Waals surface area (Å²) in [5, 5.41) is 4.29. The van der Waals surface area contributed by atoms with Crippen molar-refractivity contribution in [1.82, 2.24) is 15.3 Å². The van der Waals surface area contributed by atoms with Crippen molar-refractivity contribution in [2.45, 2.75) is 18.9 Å². The van der Waals surface area contributed by atoms with Crippen molar-refractivity contribution in [3.63, 3.8) is 0 Å². The summed E-state index contributed by atoms with van der Waals surface area (Å²) in [6, 6.07) is 15.9.